The number of carbonyl (C=O) groups is 1. The molecule has 7 heteroatoms. The molecule has 3 rings (SSSR count). The van der Waals surface area contributed by atoms with Gasteiger partial charge in [-0.2, -0.15) is 0 Å². The number of nitrogens with one attached hydrogen (secondary N) is 2. The number of hydrogen-bond acceptors (Lipinski definition) is 6. The van der Waals surface area contributed by atoms with E-state index in [1.54, 1.807) is 20.5 Å². The third-order valence-electron chi connectivity index (χ3n) is 4.68. The summed E-state index contributed by atoms with van der Waals surface area (Å²) in [4.78, 5) is 20.8. The van der Waals surface area contributed by atoms with Crippen molar-refractivity contribution < 1.29 is 14.3 Å². The number of benzene rings is 1. The maximum Gasteiger partial charge on any atom is 0.224 e. The Balaban J connectivity index is 1.51. The van der Waals surface area contributed by atoms with Gasteiger partial charge in [-0.15, -0.1) is 0 Å². The number of anilines is 1. The molecule has 26 heavy (non-hydrogen) atoms. The van der Waals surface area contributed by atoms with E-state index in [1.807, 2.05) is 31.3 Å². The molecule has 2 N–H and O–H groups in total. The highest BCUT2D eigenvalue weighted by Crippen LogP contribution is 2.36. The quantitative estimate of drug-likeness (QED) is 0.791. The summed E-state index contributed by atoms with van der Waals surface area (Å²) in [7, 11) is 5.02. The van der Waals surface area contributed by atoms with Crippen LogP contribution in [0.1, 0.15) is 30.0 Å². The lowest BCUT2D eigenvalue weighted by atomic mass is 9.78. The molecule has 1 fully saturated rings. The lowest BCUT2D eigenvalue weighted by Gasteiger charge is -2.35. The Morgan fingerprint density at radius 2 is 1.92 bits per heavy atom. The van der Waals surface area contributed by atoms with Crippen molar-refractivity contribution >= 4 is 11.7 Å². The van der Waals surface area contributed by atoms with Crippen LogP contribution in [0.15, 0.2) is 30.6 Å². The summed E-state index contributed by atoms with van der Waals surface area (Å²) >= 11 is 0. The van der Waals surface area contributed by atoms with Crippen molar-refractivity contribution in [2.24, 2.45) is 0 Å². The monoisotopic (exact) mass is 356 g/mol. The van der Waals surface area contributed by atoms with E-state index in [2.05, 4.69) is 20.6 Å². The van der Waals surface area contributed by atoms with Gasteiger partial charge in [0.25, 0.3) is 0 Å². The summed E-state index contributed by atoms with van der Waals surface area (Å²) in [5.41, 5.74) is 1.92. The number of methoxy groups -OCH3 is 2. The summed E-state index contributed by atoms with van der Waals surface area (Å²) < 4.78 is 10.5. The third-order valence-corrected chi connectivity index (χ3v) is 4.68. The minimum Gasteiger partial charge on any atom is -0.493 e. The Labute approximate surface area is 153 Å². The standard InChI is InChI=1S/C19H24N4O3/c1-20-18-10-15(21-11-22-18)13-8-14(9-13)23-19(24)7-12-4-5-16(25-2)17(6-12)26-3/h4-6,10-11,13-14H,7-9H2,1-3H3,(H,23,24)(H,20,21,22). The van der Waals surface area contributed by atoms with Crippen LogP contribution in [0.3, 0.4) is 0 Å². The number of rotatable bonds is 7. The Bertz CT molecular complexity index is 775. The van der Waals surface area contributed by atoms with Gasteiger partial charge in [0, 0.05) is 30.8 Å². The zero-order valence-corrected chi connectivity index (χ0v) is 15.3. The summed E-state index contributed by atoms with van der Waals surface area (Å²) in [6.07, 6.45) is 3.69. The second-order valence-electron chi connectivity index (χ2n) is 6.38. The van der Waals surface area contributed by atoms with Gasteiger partial charge in [-0.25, -0.2) is 9.97 Å². The average Bonchev–Trinajstić information content (AvgIpc) is 2.64. The first-order chi connectivity index (χ1) is 12.6. The molecule has 2 aromatic rings. The van der Waals surface area contributed by atoms with E-state index in [1.165, 1.54) is 0 Å². The number of amides is 1. The highest BCUT2D eigenvalue weighted by atomic mass is 16.5. The molecule has 1 saturated carbocycles. The Kier molecular flexibility index (Phi) is 5.55. The zero-order chi connectivity index (χ0) is 18.5. The predicted molar refractivity (Wildman–Crippen MR) is 98.7 cm³/mol. The molecule has 1 heterocycles. The van der Waals surface area contributed by atoms with Gasteiger partial charge in [-0.1, -0.05) is 6.07 Å². The van der Waals surface area contributed by atoms with Gasteiger partial charge in [0.1, 0.15) is 12.1 Å². The first-order valence-corrected chi connectivity index (χ1v) is 8.63. The molecular formula is C19H24N4O3. The van der Waals surface area contributed by atoms with Crippen molar-refractivity contribution in [1.29, 1.82) is 0 Å². The van der Waals surface area contributed by atoms with Crippen molar-refractivity contribution in [2.45, 2.75) is 31.2 Å². The molecule has 0 spiro atoms. The molecule has 0 saturated heterocycles. The van der Waals surface area contributed by atoms with Crippen molar-refractivity contribution in [1.82, 2.24) is 15.3 Å². The first kappa shape index (κ1) is 18.0. The minimum atomic E-state index is 0.0132. The molecule has 0 atom stereocenters. The zero-order valence-electron chi connectivity index (χ0n) is 15.3. The van der Waals surface area contributed by atoms with Gasteiger partial charge >= 0.3 is 0 Å². The Hall–Kier alpha value is -2.83. The molecule has 7 nitrogen and oxygen atoms in total. The second-order valence-corrected chi connectivity index (χ2v) is 6.38. The lowest BCUT2D eigenvalue weighted by Crippen LogP contribution is -2.44. The summed E-state index contributed by atoms with van der Waals surface area (Å²) in [6, 6.07) is 7.69. The summed E-state index contributed by atoms with van der Waals surface area (Å²) in [5.74, 6) is 2.49. The maximum atomic E-state index is 12.3. The molecule has 0 bridgehead atoms. The van der Waals surface area contributed by atoms with E-state index in [9.17, 15) is 4.79 Å². The van der Waals surface area contributed by atoms with Crippen LogP contribution in [0.5, 0.6) is 11.5 Å². The van der Waals surface area contributed by atoms with Crippen molar-refractivity contribution in [2.75, 3.05) is 26.6 Å². The Morgan fingerprint density at radius 3 is 2.62 bits per heavy atom. The first-order valence-electron chi connectivity index (χ1n) is 8.63. The van der Waals surface area contributed by atoms with E-state index in [4.69, 9.17) is 9.47 Å². The molecular weight excluding hydrogens is 332 g/mol. The molecule has 1 aromatic carbocycles. The van der Waals surface area contributed by atoms with Crippen LogP contribution in [0.4, 0.5) is 5.82 Å². The second kappa shape index (κ2) is 8.03. The molecule has 1 aliphatic carbocycles. The van der Waals surface area contributed by atoms with Gasteiger partial charge in [0.15, 0.2) is 11.5 Å². The summed E-state index contributed by atoms with van der Waals surface area (Å²) in [6.45, 7) is 0. The number of ether oxygens (including phenoxy) is 2. The van der Waals surface area contributed by atoms with Crippen LogP contribution in [0.25, 0.3) is 0 Å². The fraction of sp³-hybridized carbons (Fsp3) is 0.421. The van der Waals surface area contributed by atoms with Crippen LogP contribution in [0.2, 0.25) is 0 Å². The normalized spacial score (nSPS) is 18.6. The molecule has 138 valence electrons. The topological polar surface area (TPSA) is 85.4 Å². The molecule has 1 aliphatic rings. The maximum absolute atomic E-state index is 12.3. The molecule has 0 unspecified atom stereocenters. The number of carbonyl (C=O) groups excluding carboxylic acids is 1. The van der Waals surface area contributed by atoms with Gasteiger partial charge in [0.2, 0.25) is 5.91 Å². The summed E-state index contributed by atoms with van der Waals surface area (Å²) in [5, 5.41) is 6.11. The van der Waals surface area contributed by atoms with E-state index in [0.717, 1.165) is 29.9 Å². The smallest absolute Gasteiger partial charge is 0.224 e. The lowest BCUT2D eigenvalue weighted by molar-refractivity contribution is -0.121. The van der Waals surface area contributed by atoms with Crippen molar-refractivity contribution in [3.05, 3.63) is 41.9 Å². The fourth-order valence-electron chi connectivity index (χ4n) is 3.16. The van der Waals surface area contributed by atoms with Gasteiger partial charge in [-0.05, 0) is 30.5 Å². The van der Waals surface area contributed by atoms with Crippen molar-refractivity contribution in [3.8, 4) is 11.5 Å². The van der Waals surface area contributed by atoms with Crippen LogP contribution < -0.4 is 20.1 Å². The number of hydrogen-bond donors (Lipinski definition) is 2. The van der Waals surface area contributed by atoms with Crippen LogP contribution >= 0.6 is 0 Å². The predicted octanol–water partition coefficient (Wildman–Crippen LogP) is 2.14. The number of nitrogens with zero attached hydrogens (tertiary/aromatic N) is 2. The van der Waals surface area contributed by atoms with E-state index >= 15 is 0 Å². The van der Waals surface area contributed by atoms with Gasteiger partial charge in [0.05, 0.1) is 20.6 Å². The highest BCUT2D eigenvalue weighted by molar-refractivity contribution is 5.79. The van der Waals surface area contributed by atoms with Crippen LogP contribution in [-0.4, -0.2) is 43.2 Å². The van der Waals surface area contributed by atoms with Gasteiger partial charge < -0.3 is 20.1 Å². The number of aromatic nitrogens is 2. The third kappa shape index (κ3) is 4.04. The van der Waals surface area contributed by atoms with Crippen LogP contribution in [0, 0.1) is 0 Å². The van der Waals surface area contributed by atoms with E-state index in [-0.39, 0.29) is 11.9 Å². The molecule has 0 radical (unpaired) electrons. The molecule has 1 aromatic heterocycles. The fourth-order valence-corrected chi connectivity index (χ4v) is 3.16. The van der Waals surface area contributed by atoms with Gasteiger partial charge in [-0.3, -0.25) is 4.79 Å². The minimum absolute atomic E-state index is 0.0132. The van der Waals surface area contributed by atoms with Crippen LogP contribution in [-0.2, 0) is 11.2 Å². The van der Waals surface area contributed by atoms with E-state index in [0.29, 0.717) is 23.8 Å². The highest BCUT2D eigenvalue weighted by Gasteiger charge is 2.32. The SMILES string of the molecule is CNc1cc(C2CC(NC(=O)Cc3ccc(OC)c(OC)c3)C2)ncn1. The molecule has 0 aliphatic heterocycles. The average molecular weight is 356 g/mol. The van der Waals surface area contributed by atoms with E-state index < -0.39 is 0 Å². The molecule has 1 amide bonds. The largest absolute Gasteiger partial charge is 0.493 e. The van der Waals surface area contributed by atoms with Crippen molar-refractivity contribution in [3.63, 3.8) is 0 Å². The Morgan fingerprint density at radius 1 is 1.15 bits per heavy atom.